The molecule has 0 radical (unpaired) electrons. The molecule has 0 heterocycles. The van der Waals surface area contributed by atoms with E-state index in [1.54, 1.807) is 0 Å². The predicted octanol–water partition coefficient (Wildman–Crippen LogP) is 4.93. The van der Waals surface area contributed by atoms with Crippen molar-refractivity contribution < 1.29 is 48.5 Å². The number of carboxylic acid groups (broad SMARTS) is 1. The summed E-state index contributed by atoms with van der Waals surface area (Å²) >= 11 is 0. The van der Waals surface area contributed by atoms with Crippen molar-refractivity contribution in [3.05, 3.63) is 12.2 Å². The maximum absolute atomic E-state index is 10.5. The highest BCUT2D eigenvalue weighted by Crippen LogP contribution is 2.11. The number of carbonyl (C=O) groups is 1. The second-order valence-corrected chi connectivity index (χ2v) is 10.4. The van der Waals surface area contributed by atoms with E-state index in [-0.39, 0.29) is 6.61 Å². The van der Waals surface area contributed by atoms with E-state index < -0.39 is 12.1 Å². The third-order valence-corrected chi connectivity index (χ3v) is 6.49. The van der Waals surface area contributed by atoms with Crippen LogP contribution in [0.3, 0.4) is 0 Å². The van der Waals surface area contributed by atoms with Gasteiger partial charge in [0.2, 0.25) is 0 Å². The van der Waals surface area contributed by atoms with Crippen LogP contribution in [0, 0.1) is 0 Å². The molecule has 0 saturated carbocycles. The molecular weight excluding hydrogens is 544 g/mol. The van der Waals surface area contributed by atoms with Crippen molar-refractivity contribution in [3.63, 3.8) is 0 Å². The first-order valence-corrected chi connectivity index (χ1v) is 16.3. The van der Waals surface area contributed by atoms with Crippen LogP contribution >= 0.6 is 0 Å². The van der Waals surface area contributed by atoms with Crippen molar-refractivity contribution in [2.24, 2.45) is 0 Å². The van der Waals surface area contributed by atoms with Gasteiger partial charge in [-0.1, -0.05) is 63.5 Å². The van der Waals surface area contributed by atoms with Gasteiger partial charge in [-0.15, -0.1) is 0 Å². The first-order valence-electron chi connectivity index (χ1n) is 16.3. The van der Waals surface area contributed by atoms with Crippen LogP contribution in [0.2, 0.25) is 0 Å². The Hall–Kier alpha value is -1.11. The van der Waals surface area contributed by atoms with Gasteiger partial charge in [-0.05, 0) is 38.5 Å². The second kappa shape index (κ2) is 36.1. The Morgan fingerprint density at radius 2 is 0.905 bits per heavy atom. The Bertz CT molecular complexity index is 561. The van der Waals surface area contributed by atoms with Gasteiger partial charge < -0.3 is 43.7 Å². The number of aliphatic carboxylic acids is 1. The molecule has 0 aliphatic heterocycles. The number of unbranched alkanes of at least 4 members (excludes halogenated alkanes) is 11. The van der Waals surface area contributed by atoms with Gasteiger partial charge in [0.15, 0.2) is 0 Å². The van der Waals surface area contributed by atoms with Gasteiger partial charge in [0.1, 0.15) is 0 Å². The monoisotopic (exact) mass is 606 g/mol. The molecule has 0 fully saturated rings. The van der Waals surface area contributed by atoms with Crippen molar-refractivity contribution in [1.82, 2.24) is 0 Å². The number of rotatable bonds is 36. The van der Waals surface area contributed by atoms with E-state index in [0.717, 1.165) is 51.4 Å². The SMILES string of the molecule is O=C(O)CCCCCCC/C=C\CCCCCCCCC(O)COCCOCCOCCOCCOCCOCCO. The van der Waals surface area contributed by atoms with E-state index in [1.807, 2.05) is 0 Å². The van der Waals surface area contributed by atoms with Gasteiger partial charge >= 0.3 is 5.97 Å². The molecule has 0 rings (SSSR count). The molecule has 0 aliphatic rings. The van der Waals surface area contributed by atoms with E-state index in [4.69, 9.17) is 38.6 Å². The summed E-state index contributed by atoms with van der Waals surface area (Å²) in [5.41, 5.74) is 0. The molecule has 250 valence electrons. The van der Waals surface area contributed by atoms with Crippen LogP contribution in [0.5, 0.6) is 0 Å². The van der Waals surface area contributed by atoms with Crippen LogP contribution in [-0.2, 0) is 33.2 Å². The lowest BCUT2D eigenvalue weighted by atomic mass is 10.1. The average molecular weight is 607 g/mol. The fourth-order valence-corrected chi connectivity index (χ4v) is 4.12. The number of hydrogen-bond acceptors (Lipinski definition) is 9. The van der Waals surface area contributed by atoms with E-state index in [1.165, 1.54) is 38.5 Å². The van der Waals surface area contributed by atoms with E-state index in [0.29, 0.717) is 85.7 Å². The zero-order chi connectivity index (χ0) is 30.6. The molecule has 0 aliphatic carbocycles. The van der Waals surface area contributed by atoms with E-state index in [9.17, 15) is 9.90 Å². The minimum Gasteiger partial charge on any atom is -0.481 e. The van der Waals surface area contributed by atoms with Gasteiger partial charge in [0.25, 0.3) is 0 Å². The van der Waals surface area contributed by atoms with Crippen LogP contribution in [0.25, 0.3) is 0 Å². The number of aliphatic hydroxyl groups excluding tert-OH is 2. The second-order valence-electron chi connectivity index (χ2n) is 10.4. The maximum atomic E-state index is 10.5. The molecule has 3 N–H and O–H groups in total. The minimum absolute atomic E-state index is 0.0260. The van der Waals surface area contributed by atoms with Crippen molar-refractivity contribution in [2.75, 3.05) is 85.9 Å². The molecule has 1 atom stereocenters. The summed E-state index contributed by atoms with van der Waals surface area (Å²) in [6.45, 7) is 5.65. The maximum Gasteiger partial charge on any atom is 0.303 e. The first-order chi connectivity index (χ1) is 20.7. The highest BCUT2D eigenvalue weighted by molar-refractivity contribution is 5.66. The molecular formula is C32H62O10. The molecule has 10 nitrogen and oxygen atoms in total. The molecule has 0 amide bonds. The Morgan fingerprint density at radius 3 is 1.36 bits per heavy atom. The molecule has 0 spiro atoms. The van der Waals surface area contributed by atoms with Crippen LogP contribution in [0.1, 0.15) is 96.3 Å². The van der Waals surface area contributed by atoms with Gasteiger partial charge in [-0.3, -0.25) is 4.79 Å². The quantitative estimate of drug-likeness (QED) is 0.0666. The smallest absolute Gasteiger partial charge is 0.303 e. The lowest BCUT2D eigenvalue weighted by molar-refractivity contribution is -0.137. The Balaban J connectivity index is 3.19. The van der Waals surface area contributed by atoms with Crippen molar-refractivity contribution in [3.8, 4) is 0 Å². The summed E-state index contributed by atoms with van der Waals surface area (Å²) in [5.74, 6) is -0.688. The van der Waals surface area contributed by atoms with Crippen LogP contribution in [0.4, 0.5) is 0 Å². The fraction of sp³-hybridized carbons (Fsp3) is 0.906. The largest absolute Gasteiger partial charge is 0.481 e. The summed E-state index contributed by atoms with van der Waals surface area (Å²) in [4.78, 5) is 10.5. The summed E-state index contributed by atoms with van der Waals surface area (Å²) in [6, 6.07) is 0. The third kappa shape index (κ3) is 36.9. The van der Waals surface area contributed by atoms with Crippen molar-refractivity contribution >= 4 is 5.97 Å². The number of allylic oxidation sites excluding steroid dienone is 2. The predicted molar refractivity (Wildman–Crippen MR) is 164 cm³/mol. The Morgan fingerprint density at radius 1 is 0.524 bits per heavy atom. The number of aliphatic hydroxyl groups is 2. The average Bonchev–Trinajstić information content (AvgIpc) is 2.98. The van der Waals surface area contributed by atoms with Gasteiger partial charge in [-0.25, -0.2) is 0 Å². The number of carboxylic acids is 1. The lowest BCUT2D eigenvalue weighted by Gasteiger charge is -2.11. The van der Waals surface area contributed by atoms with Gasteiger partial charge in [0.05, 0.1) is 92.0 Å². The van der Waals surface area contributed by atoms with Gasteiger partial charge in [-0.2, -0.15) is 0 Å². The van der Waals surface area contributed by atoms with Crippen LogP contribution < -0.4 is 0 Å². The Labute approximate surface area is 255 Å². The van der Waals surface area contributed by atoms with Crippen LogP contribution in [0.15, 0.2) is 12.2 Å². The third-order valence-electron chi connectivity index (χ3n) is 6.49. The van der Waals surface area contributed by atoms with E-state index in [2.05, 4.69) is 12.2 Å². The number of ether oxygens (including phenoxy) is 6. The highest BCUT2D eigenvalue weighted by atomic mass is 16.6. The molecule has 1 unspecified atom stereocenters. The highest BCUT2D eigenvalue weighted by Gasteiger charge is 2.04. The van der Waals surface area contributed by atoms with E-state index >= 15 is 0 Å². The fourth-order valence-electron chi connectivity index (χ4n) is 4.12. The van der Waals surface area contributed by atoms with Crippen molar-refractivity contribution in [1.29, 1.82) is 0 Å². The molecule has 0 aromatic carbocycles. The zero-order valence-electron chi connectivity index (χ0n) is 26.2. The topological polar surface area (TPSA) is 133 Å². The van der Waals surface area contributed by atoms with Crippen molar-refractivity contribution in [2.45, 2.75) is 102 Å². The lowest BCUT2D eigenvalue weighted by Crippen LogP contribution is -2.18. The van der Waals surface area contributed by atoms with Crippen LogP contribution in [-0.4, -0.2) is 113 Å². The summed E-state index contributed by atoms with van der Waals surface area (Å²) < 4.78 is 32.2. The zero-order valence-corrected chi connectivity index (χ0v) is 26.2. The molecule has 0 saturated heterocycles. The molecule has 42 heavy (non-hydrogen) atoms. The summed E-state index contributed by atoms with van der Waals surface area (Å²) in [5, 5.41) is 27.3. The summed E-state index contributed by atoms with van der Waals surface area (Å²) in [6.07, 6.45) is 20.1. The molecule has 10 heteroatoms. The molecule has 0 aromatic rings. The molecule has 0 aromatic heterocycles. The minimum atomic E-state index is -0.688. The molecule has 0 bridgehead atoms. The van der Waals surface area contributed by atoms with Gasteiger partial charge in [0, 0.05) is 6.42 Å². The standard InChI is InChI=1S/C32H62O10/c33-18-19-37-20-21-38-22-23-39-24-25-40-26-27-41-28-29-42-30-31(34)16-14-12-10-8-6-4-2-1-3-5-7-9-11-13-15-17-32(35)36/h1,3,31,33-34H,2,4-30H2,(H,35,36)/b3-1-. The number of hydrogen-bond donors (Lipinski definition) is 3. The Kier molecular flexibility index (Phi) is 35.1. The first kappa shape index (κ1) is 40.9. The summed E-state index contributed by atoms with van der Waals surface area (Å²) in [7, 11) is 0. The normalized spacial score (nSPS) is 12.4.